The molecule has 4 rings (SSSR count). The van der Waals surface area contributed by atoms with Crippen LogP contribution in [0.5, 0.6) is 5.75 Å². The Morgan fingerprint density at radius 3 is 2.89 bits per heavy atom. The molecule has 0 radical (unpaired) electrons. The van der Waals surface area contributed by atoms with Crippen molar-refractivity contribution >= 4 is 29.0 Å². The highest BCUT2D eigenvalue weighted by molar-refractivity contribution is 6.34. The van der Waals surface area contributed by atoms with Crippen LogP contribution in [0.1, 0.15) is 11.3 Å². The Bertz CT molecular complexity index is 1010. The summed E-state index contributed by atoms with van der Waals surface area (Å²) in [5, 5.41) is 3.27. The molecule has 0 aliphatic carbocycles. The second-order valence-electron chi connectivity index (χ2n) is 6.01. The first kappa shape index (κ1) is 17.3. The number of amides is 2. The van der Waals surface area contributed by atoms with Crippen molar-refractivity contribution in [2.24, 2.45) is 0 Å². The molecule has 0 fully saturated rings. The van der Waals surface area contributed by atoms with Crippen LogP contribution in [0.4, 0.5) is 20.6 Å². The maximum Gasteiger partial charge on any atom is 0.326 e. The number of benzene rings is 2. The molecule has 1 aliphatic heterocycles. The zero-order valence-electron chi connectivity index (χ0n) is 14.2. The lowest BCUT2D eigenvalue weighted by Gasteiger charge is -2.30. The van der Waals surface area contributed by atoms with E-state index in [1.807, 2.05) is 24.3 Å². The first-order chi connectivity index (χ1) is 13.1. The number of ether oxygens (including phenoxy) is 1. The van der Waals surface area contributed by atoms with Crippen LogP contribution in [0, 0.1) is 5.82 Å². The fraction of sp³-hybridized carbons (Fsp3) is 0.100. The molecule has 1 aliphatic rings. The number of anilines is 2. The maximum absolute atomic E-state index is 13.7. The zero-order valence-corrected chi connectivity index (χ0v) is 14.9. The van der Waals surface area contributed by atoms with Gasteiger partial charge in [0.2, 0.25) is 0 Å². The van der Waals surface area contributed by atoms with E-state index in [-0.39, 0.29) is 18.3 Å². The standard InChI is InChI=1S/C20H15ClFN3O2/c21-15-8-7-14(27-12-18-16(22)5-3-9-23-18)10-19(15)25-11-13-4-1-2-6-17(13)24-20(25)26/h1-10H,11-12H2,(H,24,26). The minimum Gasteiger partial charge on any atom is -0.487 e. The van der Waals surface area contributed by atoms with Crippen LogP contribution in [0.15, 0.2) is 60.8 Å². The van der Waals surface area contributed by atoms with Crippen molar-refractivity contribution in [3.05, 3.63) is 82.9 Å². The number of hydrogen-bond acceptors (Lipinski definition) is 3. The molecular weight excluding hydrogens is 369 g/mol. The monoisotopic (exact) mass is 383 g/mol. The van der Waals surface area contributed by atoms with E-state index in [4.69, 9.17) is 16.3 Å². The summed E-state index contributed by atoms with van der Waals surface area (Å²) >= 11 is 6.31. The summed E-state index contributed by atoms with van der Waals surface area (Å²) in [5.74, 6) is 0.0322. The molecule has 1 aromatic heterocycles. The maximum atomic E-state index is 13.7. The molecular formula is C20H15ClFN3O2. The summed E-state index contributed by atoms with van der Waals surface area (Å²) in [5.41, 5.74) is 2.49. The number of halogens is 2. The molecule has 0 atom stereocenters. The van der Waals surface area contributed by atoms with Gasteiger partial charge in [0.25, 0.3) is 0 Å². The molecule has 0 saturated carbocycles. The highest BCUT2D eigenvalue weighted by atomic mass is 35.5. The normalized spacial score (nSPS) is 13.1. The lowest BCUT2D eigenvalue weighted by Crippen LogP contribution is -2.38. The first-order valence-electron chi connectivity index (χ1n) is 8.30. The van der Waals surface area contributed by atoms with Crippen molar-refractivity contribution in [2.45, 2.75) is 13.2 Å². The van der Waals surface area contributed by atoms with E-state index < -0.39 is 5.82 Å². The van der Waals surface area contributed by atoms with Crippen molar-refractivity contribution < 1.29 is 13.9 Å². The Morgan fingerprint density at radius 1 is 1.19 bits per heavy atom. The lowest BCUT2D eigenvalue weighted by molar-refractivity contribution is 0.256. The molecule has 3 aromatic rings. The predicted octanol–water partition coefficient (Wildman–Crippen LogP) is 5.01. The largest absolute Gasteiger partial charge is 0.487 e. The molecule has 0 spiro atoms. The van der Waals surface area contributed by atoms with Gasteiger partial charge in [0.1, 0.15) is 23.9 Å². The molecule has 0 bridgehead atoms. The van der Waals surface area contributed by atoms with Crippen LogP contribution >= 0.6 is 11.6 Å². The minimum absolute atomic E-state index is 0.0250. The summed E-state index contributed by atoms with van der Waals surface area (Å²) < 4.78 is 19.3. The van der Waals surface area contributed by atoms with Gasteiger partial charge in [0.15, 0.2) is 0 Å². The highest BCUT2D eigenvalue weighted by Gasteiger charge is 2.25. The van der Waals surface area contributed by atoms with Gasteiger partial charge < -0.3 is 10.1 Å². The van der Waals surface area contributed by atoms with Crippen LogP contribution in [-0.4, -0.2) is 11.0 Å². The summed E-state index contributed by atoms with van der Waals surface area (Å²) in [4.78, 5) is 18.0. The van der Waals surface area contributed by atoms with E-state index in [1.54, 1.807) is 23.1 Å². The van der Waals surface area contributed by atoms with Crippen molar-refractivity contribution in [1.29, 1.82) is 0 Å². The molecule has 0 saturated heterocycles. The van der Waals surface area contributed by atoms with Crippen molar-refractivity contribution in [2.75, 3.05) is 10.2 Å². The number of nitrogens with zero attached hydrogens (tertiary/aromatic N) is 2. The van der Waals surface area contributed by atoms with Gasteiger partial charge in [-0.25, -0.2) is 9.18 Å². The summed E-state index contributed by atoms with van der Waals surface area (Å²) in [6.45, 7) is 0.364. The predicted molar refractivity (Wildman–Crippen MR) is 102 cm³/mol. The smallest absolute Gasteiger partial charge is 0.326 e. The second kappa shape index (κ2) is 7.25. The molecule has 2 amide bonds. The molecule has 2 heterocycles. The average Bonchev–Trinajstić information content (AvgIpc) is 2.68. The SMILES string of the molecule is O=C1Nc2ccccc2CN1c1cc(OCc2ncccc2F)ccc1Cl. The van der Waals surface area contributed by atoms with Crippen molar-refractivity contribution in [3.8, 4) is 5.75 Å². The van der Waals surface area contributed by atoms with Gasteiger partial charge in [-0.2, -0.15) is 0 Å². The van der Waals surface area contributed by atoms with Crippen LogP contribution in [0.3, 0.4) is 0 Å². The van der Waals surface area contributed by atoms with E-state index in [0.717, 1.165) is 11.3 Å². The molecule has 136 valence electrons. The van der Waals surface area contributed by atoms with Gasteiger partial charge in [-0.15, -0.1) is 0 Å². The number of carbonyl (C=O) groups is 1. The Balaban J connectivity index is 1.58. The third-order valence-electron chi connectivity index (χ3n) is 4.25. The number of fused-ring (bicyclic) bond motifs is 1. The number of aromatic nitrogens is 1. The number of para-hydroxylation sites is 1. The van der Waals surface area contributed by atoms with Gasteiger partial charge in [-0.1, -0.05) is 29.8 Å². The van der Waals surface area contributed by atoms with Crippen molar-refractivity contribution in [3.63, 3.8) is 0 Å². The number of urea groups is 1. The molecule has 7 heteroatoms. The number of carbonyl (C=O) groups excluding carboxylic acids is 1. The van der Waals surface area contributed by atoms with E-state index in [1.165, 1.54) is 18.3 Å². The van der Waals surface area contributed by atoms with E-state index in [9.17, 15) is 9.18 Å². The minimum atomic E-state index is -0.432. The fourth-order valence-corrected chi connectivity index (χ4v) is 3.08. The topological polar surface area (TPSA) is 54.5 Å². The fourth-order valence-electron chi connectivity index (χ4n) is 2.86. The summed E-state index contributed by atoms with van der Waals surface area (Å²) in [7, 11) is 0. The highest BCUT2D eigenvalue weighted by Crippen LogP contribution is 2.34. The van der Waals surface area contributed by atoms with Crippen LogP contribution in [0.2, 0.25) is 5.02 Å². The number of hydrogen-bond donors (Lipinski definition) is 1. The Labute approximate surface area is 160 Å². The summed E-state index contributed by atoms with van der Waals surface area (Å²) in [6, 6.07) is 15.1. The number of rotatable bonds is 4. The van der Waals surface area contributed by atoms with E-state index in [0.29, 0.717) is 23.0 Å². The Hall–Kier alpha value is -3.12. The number of nitrogens with one attached hydrogen (secondary N) is 1. The molecule has 5 nitrogen and oxygen atoms in total. The van der Waals surface area contributed by atoms with Gasteiger partial charge >= 0.3 is 6.03 Å². The van der Waals surface area contributed by atoms with Gasteiger partial charge in [0, 0.05) is 18.0 Å². The zero-order chi connectivity index (χ0) is 18.8. The Morgan fingerprint density at radius 2 is 2.04 bits per heavy atom. The van der Waals surface area contributed by atoms with Crippen LogP contribution in [0.25, 0.3) is 0 Å². The Kier molecular flexibility index (Phi) is 4.64. The van der Waals surface area contributed by atoms with Gasteiger partial charge in [-0.05, 0) is 35.9 Å². The molecule has 1 N–H and O–H groups in total. The van der Waals surface area contributed by atoms with Crippen LogP contribution in [-0.2, 0) is 13.2 Å². The molecule has 0 unspecified atom stereocenters. The molecule has 27 heavy (non-hydrogen) atoms. The van der Waals surface area contributed by atoms with Crippen molar-refractivity contribution in [1.82, 2.24) is 4.98 Å². The van der Waals surface area contributed by atoms with Gasteiger partial charge in [0.05, 0.1) is 17.3 Å². The molecule has 2 aromatic carbocycles. The lowest BCUT2D eigenvalue weighted by atomic mass is 10.1. The van der Waals surface area contributed by atoms with Gasteiger partial charge in [-0.3, -0.25) is 9.88 Å². The second-order valence-corrected chi connectivity index (χ2v) is 6.41. The number of pyridine rings is 1. The summed E-state index contributed by atoms with van der Waals surface area (Å²) in [6.07, 6.45) is 1.50. The third-order valence-corrected chi connectivity index (χ3v) is 4.57. The van der Waals surface area contributed by atoms with E-state index >= 15 is 0 Å². The van der Waals surface area contributed by atoms with E-state index in [2.05, 4.69) is 10.3 Å². The van der Waals surface area contributed by atoms with Crippen LogP contribution < -0.4 is 15.0 Å². The first-order valence-corrected chi connectivity index (χ1v) is 8.68. The third kappa shape index (κ3) is 3.57. The average molecular weight is 384 g/mol. The quantitative estimate of drug-likeness (QED) is 0.689.